The molecule has 2 heterocycles. The maximum atomic E-state index is 12.1. The fourth-order valence-corrected chi connectivity index (χ4v) is 2.06. The first-order valence-electron chi connectivity index (χ1n) is 5.10. The summed E-state index contributed by atoms with van der Waals surface area (Å²) in [7, 11) is 0. The van der Waals surface area contributed by atoms with Crippen LogP contribution in [0.4, 0.5) is 0 Å². The summed E-state index contributed by atoms with van der Waals surface area (Å²) in [5.41, 5.74) is 0.537. The summed E-state index contributed by atoms with van der Waals surface area (Å²) in [5, 5.41) is 4.35. The van der Waals surface area contributed by atoms with Crippen molar-refractivity contribution < 1.29 is 14.1 Å². The molecule has 1 unspecified atom stereocenters. The van der Waals surface area contributed by atoms with E-state index in [2.05, 4.69) is 21.1 Å². The number of aryl methyl sites for hydroxylation is 1. The van der Waals surface area contributed by atoms with Gasteiger partial charge in [-0.05, 0) is 6.92 Å². The van der Waals surface area contributed by atoms with Crippen molar-refractivity contribution in [3.63, 3.8) is 0 Å². The number of carbonyl (C=O) groups excluding carboxylic acids is 1. The van der Waals surface area contributed by atoms with Gasteiger partial charge in [0.2, 0.25) is 0 Å². The number of hydrogen-bond donors (Lipinski definition) is 0. The average Bonchev–Trinajstić information content (AvgIpc) is 2.74. The third kappa shape index (κ3) is 2.27. The summed E-state index contributed by atoms with van der Waals surface area (Å²) in [4.78, 5) is 13.9. The minimum atomic E-state index is -0.0343. The highest BCUT2D eigenvalue weighted by Gasteiger charge is 2.26. The van der Waals surface area contributed by atoms with Gasteiger partial charge in [-0.1, -0.05) is 21.1 Å². The summed E-state index contributed by atoms with van der Waals surface area (Å²) in [6.07, 6.45) is 1.54. The fraction of sp³-hybridized carbons (Fsp3) is 0.600. The highest BCUT2D eigenvalue weighted by Crippen LogP contribution is 2.14. The maximum absolute atomic E-state index is 12.1. The van der Waals surface area contributed by atoms with Gasteiger partial charge in [0.1, 0.15) is 11.3 Å². The van der Waals surface area contributed by atoms with E-state index in [-0.39, 0.29) is 12.0 Å². The van der Waals surface area contributed by atoms with E-state index in [0.717, 1.165) is 5.33 Å². The lowest BCUT2D eigenvalue weighted by molar-refractivity contribution is -0.00971. The number of carbonyl (C=O) groups is 1. The van der Waals surface area contributed by atoms with Crippen LogP contribution in [0.15, 0.2) is 10.7 Å². The second kappa shape index (κ2) is 4.97. The lowest BCUT2D eigenvalue weighted by atomic mass is 10.2. The molecule has 1 aromatic rings. The molecule has 0 aromatic carbocycles. The number of rotatable bonds is 2. The Morgan fingerprint density at radius 3 is 3.19 bits per heavy atom. The van der Waals surface area contributed by atoms with Gasteiger partial charge in [0, 0.05) is 18.4 Å². The summed E-state index contributed by atoms with van der Waals surface area (Å²) < 4.78 is 10.4. The number of ether oxygens (including phenoxy) is 1. The van der Waals surface area contributed by atoms with E-state index in [1.54, 1.807) is 11.8 Å². The van der Waals surface area contributed by atoms with E-state index in [4.69, 9.17) is 9.26 Å². The zero-order valence-electron chi connectivity index (χ0n) is 8.98. The minimum Gasteiger partial charge on any atom is -0.374 e. The predicted molar refractivity (Wildman–Crippen MR) is 60.7 cm³/mol. The normalized spacial score (nSPS) is 21.1. The highest BCUT2D eigenvalue weighted by atomic mass is 79.9. The number of nitrogens with zero attached hydrogens (tertiary/aromatic N) is 2. The molecule has 16 heavy (non-hydrogen) atoms. The van der Waals surface area contributed by atoms with Crippen LogP contribution in [0.25, 0.3) is 0 Å². The van der Waals surface area contributed by atoms with E-state index >= 15 is 0 Å². The van der Waals surface area contributed by atoms with Gasteiger partial charge in [0.15, 0.2) is 0 Å². The molecule has 1 saturated heterocycles. The molecule has 0 spiro atoms. The Bertz CT molecular complexity index is 380. The number of alkyl halides is 1. The molecule has 0 N–H and O–H groups in total. The number of amides is 1. The Labute approximate surface area is 102 Å². The highest BCUT2D eigenvalue weighted by molar-refractivity contribution is 9.09. The van der Waals surface area contributed by atoms with Crippen LogP contribution >= 0.6 is 15.9 Å². The number of aromatic nitrogens is 1. The quantitative estimate of drug-likeness (QED) is 0.768. The zero-order valence-corrected chi connectivity index (χ0v) is 10.6. The first kappa shape index (κ1) is 11.6. The Morgan fingerprint density at radius 1 is 1.75 bits per heavy atom. The van der Waals surface area contributed by atoms with Crippen molar-refractivity contribution in [1.29, 1.82) is 0 Å². The lowest BCUT2D eigenvalue weighted by Crippen LogP contribution is -2.46. The number of hydrogen-bond acceptors (Lipinski definition) is 4. The van der Waals surface area contributed by atoms with Gasteiger partial charge in [-0.25, -0.2) is 0 Å². The van der Waals surface area contributed by atoms with Crippen molar-refractivity contribution >= 4 is 21.8 Å². The van der Waals surface area contributed by atoms with Crippen molar-refractivity contribution in [2.75, 3.05) is 25.0 Å². The summed E-state index contributed by atoms with van der Waals surface area (Å²) >= 11 is 3.36. The molecule has 0 aliphatic carbocycles. The van der Waals surface area contributed by atoms with Gasteiger partial charge in [0.25, 0.3) is 5.91 Å². The van der Waals surface area contributed by atoms with E-state index in [9.17, 15) is 4.79 Å². The number of morpholine rings is 1. The summed E-state index contributed by atoms with van der Waals surface area (Å²) in [6.45, 7) is 3.54. The van der Waals surface area contributed by atoms with Crippen molar-refractivity contribution in [3.05, 3.63) is 17.5 Å². The van der Waals surface area contributed by atoms with E-state index < -0.39 is 0 Å². The van der Waals surface area contributed by atoms with Gasteiger partial charge in [-0.2, -0.15) is 0 Å². The second-order valence-corrected chi connectivity index (χ2v) is 4.34. The molecule has 1 aromatic heterocycles. The molecular weight excluding hydrogens is 276 g/mol. The van der Waals surface area contributed by atoms with Gasteiger partial charge < -0.3 is 14.2 Å². The Balaban J connectivity index is 2.07. The van der Waals surface area contributed by atoms with E-state index in [0.29, 0.717) is 31.0 Å². The molecule has 1 amide bonds. The molecule has 1 aliphatic heterocycles. The van der Waals surface area contributed by atoms with Crippen LogP contribution in [0.2, 0.25) is 0 Å². The van der Waals surface area contributed by atoms with Crippen LogP contribution < -0.4 is 0 Å². The second-order valence-electron chi connectivity index (χ2n) is 3.69. The van der Waals surface area contributed by atoms with Gasteiger partial charge in [-0.15, -0.1) is 0 Å². The molecule has 0 radical (unpaired) electrons. The Kier molecular flexibility index (Phi) is 3.60. The van der Waals surface area contributed by atoms with Gasteiger partial charge >= 0.3 is 0 Å². The first-order valence-corrected chi connectivity index (χ1v) is 6.22. The van der Waals surface area contributed by atoms with Crippen molar-refractivity contribution in [3.8, 4) is 0 Å². The summed E-state index contributed by atoms with van der Waals surface area (Å²) in [6, 6.07) is 0. The van der Waals surface area contributed by atoms with Gasteiger partial charge in [-0.3, -0.25) is 4.79 Å². The molecule has 1 atom stereocenters. The topological polar surface area (TPSA) is 55.6 Å². The third-order valence-corrected chi connectivity index (χ3v) is 3.30. The van der Waals surface area contributed by atoms with E-state index in [1.807, 2.05) is 0 Å². The minimum absolute atomic E-state index is 0.0343. The van der Waals surface area contributed by atoms with Crippen molar-refractivity contribution in [2.45, 2.75) is 13.0 Å². The molecule has 6 heteroatoms. The molecule has 1 aliphatic rings. The lowest BCUT2D eigenvalue weighted by Gasteiger charge is -2.31. The molecule has 1 fully saturated rings. The smallest absolute Gasteiger partial charge is 0.259 e. The molecule has 2 rings (SSSR count). The van der Waals surface area contributed by atoms with Crippen LogP contribution in [0.5, 0.6) is 0 Å². The maximum Gasteiger partial charge on any atom is 0.259 e. The Morgan fingerprint density at radius 2 is 2.56 bits per heavy atom. The van der Waals surface area contributed by atoms with Crippen LogP contribution in [0.1, 0.15) is 16.1 Å². The molecule has 5 nitrogen and oxygen atoms in total. The van der Waals surface area contributed by atoms with Crippen molar-refractivity contribution in [2.24, 2.45) is 0 Å². The largest absolute Gasteiger partial charge is 0.374 e. The fourth-order valence-electron chi connectivity index (χ4n) is 1.67. The van der Waals surface area contributed by atoms with Gasteiger partial charge in [0.05, 0.1) is 18.9 Å². The Hall–Kier alpha value is -0.880. The summed E-state index contributed by atoms with van der Waals surface area (Å²) in [5.74, 6) is 0.528. The van der Waals surface area contributed by atoms with E-state index in [1.165, 1.54) is 6.20 Å². The standard InChI is InChI=1S/C10H13BrN2O3/c1-7-9(5-12-16-7)10(14)13-2-3-15-8(4-11)6-13/h5,8H,2-4,6H2,1H3. The third-order valence-electron chi connectivity index (χ3n) is 2.58. The van der Waals surface area contributed by atoms with Crippen LogP contribution in [0, 0.1) is 6.92 Å². The predicted octanol–water partition coefficient (Wildman–Crippen LogP) is 1.22. The molecule has 0 saturated carbocycles. The SMILES string of the molecule is Cc1oncc1C(=O)N1CCOC(CBr)C1. The molecule has 88 valence electrons. The average molecular weight is 289 g/mol. The van der Waals surface area contributed by atoms with Crippen LogP contribution in [-0.2, 0) is 4.74 Å². The number of halogens is 1. The molecule has 0 bridgehead atoms. The zero-order chi connectivity index (χ0) is 11.5. The monoisotopic (exact) mass is 288 g/mol. The van der Waals surface area contributed by atoms with Crippen LogP contribution in [0.3, 0.4) is 0 Å². The molecular formula is C10H13BrN2O3. The van der Waals surface area contributed by atoms with Crippen LogP contribution in [-0.4, -0.2) is 47.1 Å². The first-order chi connectivity index (χ1) is 7.72. The van der Waals surface area contributed by atoms with Crippen molar-refractivity contribution in [1.82, 2.24) is 10.1 Å².